The third-order valence-corrected chi connectivity index (χ3v) is 3.89. The highest BCUT2D eigenvalue weighted by Crippen LogP contribution is 2.13. The van der Waals surface area contributed by atoms with E-state index in [0.29, 0.717) is 6.54 Å². The molecule has 1 aromatic carbocycles. The number of hydrogen-bond acceptors (Lipinski definition) is 4. The third kappa shape index (κ3) is 5.36. The molecule has 1 aliphatic heterocycles. The Hall–Kier alpha value is -1.87. The summed E-state index contributed by atoms with van der Waals surface area (Å²) in [4.78, 5) is 15.3. The van der Waals surface area contributed by atoms with Crippen LogP contribution in [0.4, 0.5) is 0 Å². The average molecular weight is 316 g/mol. The van der Waals surface area contributed by atoms with Crippen LogP contribution in [0.3, 0.4) is 0 Å². The molecule has 1 fully saturated rings. The number of aliphatic carboxylic acids is 1. The van der Waals surface area contributed by atoms with Gasteiger partial charge in [-0.05, 0) is 38.6 Å². The summed E-state index contributed by atoms with van der Waals surface area (Å²) in [6.45, 7) is 6.19. The predicted molar refractivity (Wildman–Crippen MR) is 88.9 cm³/mol. The quantitative estimate of drug-likeness (QED) is 0.815. The summed E-state index contributed by atoms with van der Waals surface area (Å²) < 4.78 is 0. The fraction of sp³-hybridized carbons (Fsp3) is 0.500. The Kier molecular flexibility index (Phi) is 5.42. The second kappa shape index (κ2) is 7.14. The molecule has 2 N–H and O–H groups in total. The molecule has 0 bridgehead atoms. The van der Waals surface area contributed by atoms with E-state index in [1.54, 1.807) is 13.8 Å². The van der Waals surface area contributed by atoms with Crippen molar-refractivity contribution in [3.8, 4) is 11.8 Å². The zero-order valence-electron chi connectivity index (χ0n) is 13.9. The molecule has 0 unspecified atom stereocenters. The number of hydrogen-bond donors (Lipinski definition) is 2. The Labute approximate surface area is 137 Å². The summed E-state index contributed by atoms with van der Waals surface area (Å²) in [6, 6.07) is 7.42. The van der Waals surface area contributed by atoms with Gasteiger partial charge in [0.1, 0.15) is 11.6 Å². The van der Waals surface area contributed by atoms with E-state index in [0.717, 1.165) is 30.8 Å². The molecule has 5 nitrogen and oxygen atoms in total. The normalized spacial score (nSPS) is 19.9. The summed E-state index contributed by atoms with van der Waals surface area (Å²) in [5.41, 5.74) is 0.995. The van der Waals surface area contributed by atoms with Crippen molar-refractivity contribution in [2.45, 2.75) is 32.0 Å². The first-order chi connectivity index (χ1) is 10.7. The Morgan fingerprint density at radius 3 is 2.52 bits per heavy atom. The number of aliphatic hydroxyl groups is 1. The summed E-state index contributed by atoms with van der Waals surface area (Å²) >= 11 is 0. The lowest BCUT2D eigenvalue weighted by molar-refractivity contribution is -0.145. The van der Waals surface area contributed by atoms with E-state index in [2.05, 4.69) is 16.7 Å². The van der Waals surface area contributed by atoms with Gasteiger partial charge in [0, 0.05) is 31.7 Å². The van der Waals surface area contributed by atoms with Gasteiger partial charge in [-0.2, -0.15) is 0 Å². The van der Waals surface area contributed by atoms with Crippen molar-refractivity contribution in [3.05, 3.63) is 35.4 Å². The van der Waals surface area contributed by atoms with Crippen LogP contribution in [0.1, 0.15) is 25.0 Å². The molecule has 0 spiro atoms. The fourth-order valence-electron chi connectivity index (χ4n) is 2.52. The van der Waals surface area contributed by atoms with Gasteiger partial charge in [-0.25, -0.2) is 0 Å². The lowest BCUT2D eigenvalue weighted by Gasteiger charge is -2.37. The number of benzene rings is 1. The number of carboxylic acids is 1. The van der Waals surface area contributed by atoms with Crippen molar-refractivity contribution >= 4 is 5.97 Å². The van der Waals surface area contributed by atoms with Crippen LogP contribution in [0.2, 0.25) is 0 Å². The summed E-state index contributed by atoms with van der Waals surface area (Å²) in [5, 5.41) is 18.9. The van der Waals surface area contributed by atoms with Crippen LogP contribution < -0.4 is 0 Å². The van der Waals surface area contributed by atoms with Gasteiger partial charge in [-0.1, -0.05) is 24.0 Å². The lowest BCUT2D eigenvalue weighted by Crippen LogP contribution is -2.54. The second-order valence-corrected chi connectivity index (χ2v) is 6.58. The van der Waals surface area contributed by atoms with Crippen molar-refractivity contribution in [1.29, 1.82) is 0 Å². The minimum absolute atomic E-state index is 0.444. The van der Waals surface area contributed by atoms with E-state index in [1.807, 2.05) is 36.2 Å². The molecular formula is C18H24N2O3. The molecule has 1 atom stereocenters. The van der Waals surface area contributed by atoms with Crippen molar-refractivity contribution in [2.75, 3.05) is 26.7 Å². The topological polar surface area (TPSA) is 64.0 Å². The highest BCUT2D eigenvalue weighted by atomic mass is 16.4. The maximum Gasteiger partial charge on any atom is 0.322 e. The van der Waals surface area contributed by atoms with Gasteiger partial charge < -0.3 is 10.2 Å². The molecule has 23 heavy (non-hydrogen) atoms. The highest BCUT2D eigenvalue weighted by Gasteiger charge is 2.29. The molecule has 124 valence electrons. The van der Waals surface area contributed by atoms with E-state index in [4.69, 9.17) is 0 Å². The molecule has 1 aliphatic rings. The largest absolute Gasteiger partial charge is 0.480 e. The maximum absolute atomic E-state index is 11.3. The Balaban J connectivity index is 1.98. The molecule has 1 aromatic rings. The smallest absolute Gasteiger partial charge is 0.322 e. The molecule has 5 heteroatoms. The van der Waals surface area contributed by atoms with Gasteiger partial charge in [0.25, 0.3) is 0 Å². The van der Waals surface area contributed by atoms with Gasteiger partial charge in [-0.15, -0.1) is 0 Å². The van der Waals surface area contributed by atoms with E-state index >= 15 is 0 Å². The van der Waals surface area contributed by atoms with Crippen LogP contribution in [0.15, 0.2) is 24.3 Å². The van der Waals surface area contributed by atoms with E-state index < -0.39 is 17.6 Å². The molecule has 0 saturated carbocycles. The minimum Gasteiger partial charge on any atom is -0.480 e. The number of nitrogens with zero attached hydrogens (tertiary/aromatic N) is 2. The third-order valence-electron chi connectivity index (χ3n) is 3.89. The van der Waals surface area contributed by atoms with Gasteiger partial charge >= 0.3 is 5.97 Å². The number of piperazine rings is 1. The number of carboxylic acid groups (broad SMARTS) is 1. The zero-order valence-corrected chi connectivity index (χ0v) is 13.9. The van der Waals surface area contributed by atoms with Crippen molar-refractivity contribution < 1.29 is 15.0 Å². The van der Waals surface area contributed by atoms with E-state index in [9.17, 15) is 15.0 Å². The Morgan fingerprint density at radius 1 is 1.30 bits per heavy atom. The summed E-state index contributed by atoms with van der Waals surface area (Å²) in [7, 11) is 1.85. The number of rotatable bonds is 3. The Morgan fingerprint density at radius 2 is 1.96 bits per heavy atom. The van der Waals surface area contributed by atoms with E-state index in [1.165, 1.54) is 0 Å². The minimum atomic E-state index is -0.996. The zero-order chi connectivity index (χ0) is 17.0. The Bertz CT molecular complexity index is 608. The van der Waals surface area contributed by atoms with E-state index in [-0.39, 0.29) is 0 Å². The van der Waals surface area contributed by atoms with Crippen LogP contribution >= 0.6 is 0 Å². The fourth-order valence-corrected chi connectivity index (χ4v) is 2.52. The standard InChI is InChI=1S/C18H24N2O3/c1-18(2,23)9-8-14-4-6-15(7-5-14)12-20-11-10-19(3)16(13-20)17(21)22/h4-7,16,23H,10-13H2,1-3H3,(H,21,22)/t16-/m1/s1. The van der Waals surface area contributed by atoms with Crippen LogP contribution in [0, 0.1) is 11.8 Å². The predicted octanol–water partition coefficient (Wildman–Crippen LogP) is 1.01. The van der Waals surface area contributed by atoms with Crippen LogP contribution in [0.5, 0.6) is 0 Å². The molecular weight excluding hydrogens is 292 g/mol. The molecule has 1 heterocycles. The molecule has 0 radical (unpaired) electrons. The summed E-state index contributed by atoms with van der Waals surface area (Å²) in [5.74, 6) is 4.96. The lowest BCUT2D eigenvalue weighted by atomic mass is 10.1. The first-order valence-electron chi connectivity index (χ1n) is 7.74. The molecule has 2 rings (SSSR count). The second-order valence-electron chi connectivity index (χ2n) is 6.58. The number of carbonyl (C=O) groups is 1. The molecule has 0 aliphatic carbocycles. The first-order valence-corrected chi connectivity index (χ1v) is 7.74. The molecule has 1 saturated heterocycles. The van der Waals surface area contributed by atoms with Gasteiger partial charge in [0.15, 0.2) is 0 Å². The van der Waals surface area contributed by atoms with Crippen molar-refractivity contribution in [1.82, 2.24) is 9.80 Å². The van der Waals surface area contributed by atoms with Gasteiger partial charge in [-0.3, -0.25) is 14.6 Å². The molecule has 0 aromatic heterocycles. The molecule has 0 amide bonds. The van der Waals surface area contributed by atoms with Crippen LogP contribution in [0.25, 0.3) is 0 Å². The maximum atomic E-state index is 11.3. The average Bonchev–Trinajstić information content (AvgIpc) is 2.47. The summed E-state index contributed by atoms with van der Waals surface area (Å²) in [6.07, 6.45) is 0. The monoisotopic (exact) mass is 316 g/mol. The van der Waals surface area contributed by atoms with Gasteiger partial charge in [0.2, 0.25) is 0 Å². The SMILES string of the molecule is CN1CCN(Cc2ccc(C#CC(C)(C)O)cc2)C[C@@H]1C(=O)O. The van der Waals surface area contributed by atoms with Gasteiger partial charge in [0.05, 0.1) is 0 Å². The van der Waals surface area contributed by atoms with Crippen molar-refractivity contribution in [2.24, 2.45) is 0 Å². The number of likely N-dealkylation sites (N-methyl/N-ethyl adjacent to an activating group) is 1. The van der Waals surface area contributed by atoms with Crippen LogP contribution in [-0.2, 0) is 11.3 Å². The van der Waals surface area contributed by atoms with Crippen LogP contribution in [-0.4, -0.2) is 64.3 Å². The van der Waals surface area contributed by atoms with Crippen molar-refractivity contribution in [3.63, 3.8) is 0 Å². The highest BCUT2D eigenvalue weighted by molar-refractivity contribution is 5.73. The first kappa shape index (κ1) is 17.5.